The van der Waals surface area contributed by atoms with Crippen molar-refractivity contribution < 1.29 is 9.59 Å². The third-order valence-electron chi connectivity index (χ3n) is 3.73. The third-order valence-corrected chi connectivity index (χ3v) is 4.15. The molecule has 0 aliphatic carbocycles. The second-order valence-electron chi connectivity index (χ2n) is 5.08. The van der Waals surface area contributed by atoms with Crippen molar-refractivity contribution in [1.82, 2.24) is 5.32 Å². The first kappa shape index (κ1) is 13.8. The van der Waals surface area contributed by atoms with Gasteiger partial charge in [-0.25, -0.2) is 0 Å². The van der Waals surface area contributed by atoms with Crippen LogP contribution in [-0.2, 0) is 9.59 Å². The zero-order valence-corrected chi connectivity index (χ0v) is 12.1. The zero-order chi connectivity index (χ0) is 14.8. The maximum Gasteiger partial charge on any atom is 0.234 e. The van der Waals surface area contributed by atoms with Gasteiger partial charge in [0.15, 0.2) is 0 Å². The Bertz CT molecular complexity index is 697. The van der Waals surface area contributed by atoms with Gasteiger partial charge in [0.25, 0.3) is 0 Å². The lowest BCUT2D eigenvalue weighted by Crippen LogP contribution is -2.39. The Hall–Kier alpha value is -2.13. The molecule has 0 saturated carbocycles. The van der Waals surface area contributed by atoms with Crippen LogP contribution in [0.4, 0.5) is 0 Å². The number of nitrogens with one attached hydrogen (secondary N) is 1. The molecule has 1 atom stereocenters. The Labute approximate surface area is 127 Å². The number of amides is 2. The van der Waals surface area contributed by atoms with Crippen LogP contribution in [0.1, 0.15) is 24.3 Å². The predicted molar refractivity (Wildman–Crippen MR) is 82.0 cm³/mol. The minimum atomic E-state index is -0.362. The molecule has 0 unspecified atom stereocenters. The molecule has 0 bridgehead atoms. The Morgan fingerprint density at radius 3 is 2.48 bits per heavy atom. The Kier molecular flexibility index (Phi) is 3.76. The van der Waals surface area contributed by atoms with Crippen LogP contribution in [0.25, 0.3) is 11.1 Å². The van der Waals surface area contributed by atoms with Crippen LogP contribution in [-0.4, -0.2) is 11.8 Å². The van der Waals surface area contributed by atoms with E-state index in [1.54, 1.807) is 0 Å². The summed E-state index contributed by atoms with van der Waals surface area (Å²) in [7, 11) is 0. The number of carbonyl (C=O) groups is 2. The van der Waals surface area contributed by atoms with E-state index in [9.17, 15) is 9.59 Å². The van der Waals surface area contributed by atoms with Crippen LogP contribution in [0, 0.1) is 0 Å². The second kappa shape index (κ2) is 5.70. The highest BCUT2D eigenvalue weighted by Crippen LogP contribution is 2.36. The maximum atomic E-state index is 12.0. The van der Waals surface area contributed by atoms with Crippen molar-refractivity contribution in [3.63, 3.8) is 0 Å². The van der Waals surface area contributed by atoms with Gasteiger partial charge in [-0.2, -0.15) is 0 Å². The molecule has 106 valence electrons. The molecule has 2 amide bonds. The highest BCUT2D eigenvalue weighted by Gasteiger charge is 2.29. The molecule has 0 spiro atoms. The highest BCUT2D eigenvalue weighted by atomic mass is 35.5. The number of hydrogen-bond donors (Lipinski definition) is 1. The molecule has 0 aromatic heterocycles. The van der Waals surface area contributed by atoms with Crippen molar-refractivity contribution in [2.75, 3.05) is 0 Å². The van der Waals surface area contributed by atoms with Crippen molar-refractivity contribution >= 4 is 23.4 Å². The second-order valence-corrected chi connectivity index (χ2v) is 5.46. The van der Waals surface area contributed by atoms with Gasteiger partial charge < -0.3 is 0 Å². The van der Waals surface area contributed by atoms with Crippen molar-refractivity contribution in [1.29, 1.82) is 0 Å². The SMILES string of the molecule is O=C1CC[C@H](c2cccc(-c3ccccc3)c2Cl)C(=O)N1. The molecule has 0 radical (unpaired) electrons. The Balaban J connectivity index is 2.01. The van der Waals surface area contributed by atoms with Crippen molar-refractivity contribution in [2.24, 2.45) is 0 Å². The van der Waals surface area contributed by atoms with E-state index in [0.717, 1.165) is 16.7 Å². The van der Waals surface area contributed by atoms with E-state index < -0.39 is 0 Å². The maximum absolute atomic E-state index is 12.0. The Morgan fingerprint density at radius 1 is 1.00 bits per heavy atom. The summed E-state index contributed by atoms with van der Waals surface area (Å²) in [4.78, 5) is 23.3. The fourth-order valence-corrected chi connectivity index (χ4v) is 3.02. The number of rotatable bonds is 2. The number of piperidine rings is 1. The molecule has 1 saturated heterocycles. The minimum absolute atomic E-state index is 0.216. The van der Waals surface area contributed by atoms with E-state index in [0.29, 0.717) is 17.9 Å². The summed E-state index contributed by atoms with van der Waals surface area (Å²) in [5.41, 5.74) is 2.69. The summed E-state index contributed by atoms with van der Waals surface area (Å²) in [5, 5.41) is 2.96. The zero-order valence-electron chi connectivity index (χ0n) is 11.3. The fourth-order valence-electron chi connectivity index (χ4n) is 2.65. The van der Waals surface area contributed by atoms with Crippen LogP contribution in [0.3, 0.4) is 0 Å². The molecule has 1 aliphatic heterocycles. The highest BCUT2D eigenvalue weighted by molar-refractivity contribution is 6.34. The summed E-state index contributed by atoms with van der Waals surface area (Å²) >= 11 is 6.51. The monoisotopic (exact) mass is 299 g/mol. The summed E-state index contributed by atoms with van der Waals surface area (Å²) < 4.78 is 0. The first-order chi connectivity index (χ1) is 10.2. The lowest BCUT2D eigenvalue weighted by molar-refractivity contribution is -0.134. The topological polar surface area (TPSA) is 46.2 Å². The molecule has 2 aromatic rings. The molecule has 2 aromatic carbocycles. The standard InChI is InChI=1S/C17H14ClNO2/c18-16-12(11-5-2-1-3-6-11)7-4-8-13(16)14-9-10-15(20)19-17(14)21/h1-8,14H,9-10H2,(H,19,20,21)/t14-/m1/s1. The van der Waals surface area contributed by atoms with Gasteiger partial charge >= 0.3 is 0 Å². The fraction of sp³-hybridized carbons (Fsp3) is 0.176. The van der Waals surface area contributed by atoms with E-state index in [1.165, 1.54) is 0 Å². The van der Waals surface area contributed by atoms with E-state index in [4.69, 9.17) is 11.6 Å². The van der Waals surface area contributed by atoms with Gasteiger partial charge in [0, 0.05) is 12.0 Å². The lowest BCUT2D eigenvalue weighted by atomic mass is 9.88. The number of halogens is 1. The normalized spacial score (nSPS) is 18.4. The van der Waals surface area contributed by atoms with Crippen LogP contribution in [0.5, 0.6) is 0 Å². The van der Waals surface area contributed by atoms with Gasteiger partial charge in [0.05, 0.1) is 10.9 Å². The summed E-state index contributed by atoms with van der Waals surface area (Å²) in [5.74, 6) is -0.844. The van der Waals surface area contributed by atoms with Gasteiger partial charge in [-0.15, -0.1) is 0 Å². The molecule has 1 heterocycles. The number of imide groups is 1. The van der Waals surface area contributed by atoms with Gasteiger partial charge in [-0.3, -0.25) is 14.9 Å². The van der Waals surface area contributed by atoms with E-state index in [-0.39, 0.29) is 17.7 Å². The van der Waals surface area contributed by atoms with E-state index >= 15 is 0 Å². The summed E-state index contributed by atoms with van der Waals surface area (Å²) in [6.45, 7) is 0. The van der Waals surface area contributed by atoms with Crippen LogP contribution >= 0.6 is 11.6 Å². The third kappa shape index (κ3) is 2.69. The average Bonchev–Trinajstić information content (AvgIpc) is 2.49. The van der Waals surface area contributed by atoms with Gasteiger partial charge in [0.1, 0.15) is 0 Å². The molecular formula is C17H14ClNO2. The van der Waals surface area contributed by atoms with Gasteiger partial charge in [0.2, 0.25) is 11.8 Å². The molecule has 1 fully saturated rings. The predicted octanol–water partition coefficient (Wildman–Crippen LogP) is 3.53. The van der Waals surface area contributed by atoms with Gasteiger partial charge in [-0.05, 0) is 17.5 Å². The van der Waals surface area contributed by atoms with Crippen molar-refractivity contribution in [3.8, 4) is 11.1 Å². The largest absolute Gasteiger partial charge is 0.296 e. The van der Waals surface area contributed by atoms with Crippen LogP contribution in [0.2, 0.25) is 5.02 Å². The molecule has 3 nitrogen and oxygen atoms in total. The molecule has 4 heteroatoms. The molecule has 1 N–H and O–H groups in total. The molecule has 1 aliphatic rings. The minimum Gasteiger partial charge on any atom is -0.296 e. The molecule has 3 rings (SSSR count). The first-order valence-electron chi connectivity index (χ1n) is 6.84. The number of carbonyl (C=O) groups excluding carboxylic acids is 2. The smallest absolute Gasteiger partial charge is 0.234 e. The number of benzene rings is 2. The average molecular weight is 300 g/mol. The Morgan fingerprint density at radius 2 is 1.76 bits per heavy atom. The summed E-state index contributed by atoms with van der Waals surface area (Å²) in [6, 6.07) is 15.5. The van der Waals surface area contributed by atoms with Gasteiger partial charge in [-0.1, -0.05) is 60.1 Å². The molecular weight excluding hydrogens is 286 g/mol. The summed E-state index contributed by atoms with van der Waals surface area (Å²) in [6.07, 6.45) is 0.852. The van der Waals surface area contributed by atoms with Crippen LogP contribution < -0.4 is 5.32 Å². The first-order valence-corrected chi connectivity index (χ1v) is 7.22. The van der Waals surface area contributed by atoms with E-state index in [2.05, 4.69) is 5.32 Å². The van der Waals surface area contributed by atoms with E-state index in [1.807, 2.05) is 48.5 Å². The van der Waals surface area contributed by atoms with Crippen molar-refractivity contribution in [2.45, 2.75) is 18.8 Å². The van der Waals surface area contributed by atoms with Crippen LogP contribution in [0.15, 0.2) is 48.5 Å². The number of hydrogen-bond acceptors (Lipinski definition) is 2. The quantitative estimate of drug-likeness (QED) is 0.862. The lowest BCUT2D eigenvalue weighted by Gasteiger charge is -2.23. The molecule has 21 heavy (non-hydrogen) atoms. The van der Waals surface area contributed by atoms with Crippen molar-refractivity contribution in [3.05, 3.63) is 59.1 Å².